The highest BCUT2D eigenvalue weighted by atomic mass is 32.2. The molecular formula is C12H9F3NO5S-. The summed E-state index contributed by atoms with van der Waals surface area (Å²) < 4.78 is 62.7. The first-order valence-corrected chi connectivity index (χ1v) is 7.26. The van der Waals surface area contributed by atoms with Crippen molar-refractivity contribution in [1.29, 1.82) is 0 Å². The van der Waals surface area contributed by atoms with Crippen LogP contribution >= 0.6 is 0 Å². The average molecular weight is 336 g/mol. The van der Waals surface area contributed by atoms with Gasteiger partial charge in [0.05, 0.1) is 12.6 Å². The number of alkyl halides is 3. The molecule has 0 saturated heterocycles. The molecular weight excluding hydrogens is 327 g/mol. The highest BCUT2D eigenvalue weighted by molar-refractivity contribution is 7.87. The zero-order valence-corrected chi connectivity index (χ0v) is 11.6. The fourth-order valence-electron chi connectivity index (χ4n) is 1.93. The van der Waals surface area contributed by atoms with Gasteiger partial charge in [-0.3, -0.25) is 0 Å². The first-order valence-electron chi connectivity index (χ1n) is 5.86. The summed E-state index contributed by atoms with van der Waals surface area (Å²) >= 11 is 0. The van der Waals surface area contributed by atoms with Gasteiger partial charge in [0, 0.05) is 0 Å². The molecule has 0 N–H and O–H groups in total. The fraction of sp³-hybridized carbons (Fsp3) is 0.250. The van der Waals surface area contributed by atoms with E-state index in [4.69, 9.17) is 0 Å². The van der Waals surface area contributed by atoms with Crippen molar-refractivity contribution in [3.05, 3.63) is 47.7 Å². The van der Waals surface area contributed by atoms with Crippen LogP contribution in [0.2, 0.25) is 0 Å². The van der Waals surface area contributed by atoms with E-state index in [1.54, 1.807) is 18.2 Å². The predicted octanol–water partition coefficient (Wildman–Crippen LogP) is 1.14. The van der Waals surface area contributed by atoms with Gasteiger partial charge in [0.15, 0.2) is 0 Å². The van der Waals surface area contributed by atoms with Crippen LogP contribution in [0.15, 0.2) is 42.2 Å². The Labute approximate surface area is 123 Å². The van der Waals surface area contributed by atoms with Crippen LogP contribution in [0.4, 0.5) is 18.0 Å². The molecule has 0 spiro atoms. The second-order valence-corrected chi connectivity index (χ2v) is 5.90. The maximum atomic E-state index is 12.3. The van der Waals surface area contributed by atoms with Crippen LogP contribution in [0.1, 0.15) is 11.6 Å². The Morgan fingerprint density at radius 2 is 1.86 bits per heavy atom. The maximum absolute atomic E-state index is 12.3. The van der Waals surface area contributed by atoms with E-state index in [1.807, 2.05) is 0 Å². The lowest BCUT2D eigenvalue weighted by Gasteiger charge is -2.26. The summed E-state index contributed by atoms with van der Waals surface area (Å²) in [6, 6.07) is 6.96. The van der Waals surface area contributed by atoms with Crippen LogP contribution in [0.25, 0.3) is 0 Å². The number of halogens is 3. The van der Waals surface area contributed by atoms with E-state index >= 15 is 0 Å². The number of carbonyl (C=O) groups is 1. The third-order valence-electron chi connectivity index (χ3n) is 2.88. The minimum atomic E-state index is -5.84. The highest BCUT2D eigenvalue weighted by Crippen LogP contribution is 2.33. The summed E-state index contributed by atoms with van der Waals surface area (Å²) in [7, 11) is -5.84. The molecule has 0 radical (unpaired) electrons. The molecule has 1 heterocycles. The lowest BCUT2D eigenvalue weighted by atomic mass is 10.1. The number of carbonyl (C=O) groups excluding carboxylic acids is 1. The lowest BCUT2D eigenvalue weighted by molar-refractivity contribution is -0.266. The summed E-state index contributed by atoms with van der Waals surface area (Å²) in [4.78, 5) is 11.7. The first kappa shape index (κ1) is 16.1. The van der Waals surface area contributed by atoms with E-state index in [1.165, 1.54) is 12.1 Å². The van der Waals surface area contributed by atoms with Crippen LogP contribution in [-0.4, -0.2) is 31.5 Å². The van der Waals surface area contributed by atoms with Crippen molar-refractivity contribution < 1.29 is 35.7 Å². The van der Waals surface area contributed by atoms with E-state index in [2.05, 4.69) is 4.18 Å². The van der Waals surface area contributed by atoms with Gasteiger partial charge in [0.2, 0.25) is 0 Å². The van der Waals surface area contributed by atoms with Gasteiger partial charge in [0.1, 0.15) is 11.9 Å². The minimum absolute atomic E-state index is 0.440. The molecule has 0 aromatic heterocycles. The van der Waals surface area contributed by atoms with Crippen molar-refractivity contribution in [3.8, 4) is 0 Å². The van der Waals surface area contributed by atoms with Crippen molar-refractivity contribution in [2.75, 3.05) is 6.54 Å². The van der Waals surface area contributed by atoms with Gasteiger partial charge in [0.25, 0.3) is 0 Å². The largest absolute Gasteiger partial charge is 0.534 e. The number of carboxylic acid groups (broad SMARTS) is 1. The molecule has 1 atom stereocenters. The van der Waals surface area contributed by atoms with Crippen LogP contribution in [0.3, 0.4) is 0 Å². The molecule has 1 aromatic carbocycles. The SMILES string of the molecule is O=C([O-])N1CC(OS(=O)(=O)C(F)(F)F)=CC1c1ccccc1. The Bertz CT molecular complexity index is 699. The molecule has 1 aliphatic rings. The van der Waals surface area contributed by atoms with Crippen molar-refractivity contribution >= 4 is 16.2 Å². The monoisotopic (exact) mass is 336 g/mol. The zero-order chi connectivity index (χ0) is 16.5. The number of nitrogens with zero attached hydrogens (tertiary/aromatic N) is 1. The molecule has 1 aliphatic heterocycles. The highest BCUT2D eigenvalue weighted by Gasteiger charge is 2.49. The smallest absolute Gasteiger partial charge is 0.530 e. The van der Waals surface area contributed by atoms with Gasteiger partial charge < -0.3 is 19.0 Å². The lowest BCUT2D eigenvalue weighted by Crippen LogP contribution is -2.41. The van der Waals surface area contributed by atoms with Crippen molar-refractivity contribution in [1.82, 2.24) is 4.90 Å². The molecule has 0 fully saturated rings. The Balaban J connectivity index is 2.30. The summed E-state index contributed by atoms with van der Waals surface area (Å²) in [5.41, 5.74) is -5.15. The van der Waals surface area contributed by atoms with E-state index in [0.29, 0.717) is 10.5 Å². The molecule has 1 unspecified atom stereocenters. The third-order valence-corrected chi connectivity index (χ3v) is 3.88. The van der Waals surface area contributed by atoms with Gasteiger partial charge >= 0.3 is 15.6 Å². The van der Waals surface area contributed by atoms with Crippen LogP contribution in [0.5, 0.6) is 0 Å². The molecule has 1 aromatic rings. The minimum Gasteiger partial charge on any atom is -0.530 e. The second-order valence-electron chi connectivity index (χ2n) is 4.37. The quantitative estimate of drug-likeness (QED) is 0.610. The van der Waals surface area contributed by atoms with Crippen molar-refractivity contribution in [3.63, 3.8) is 0 Å². The molecule has 2 rings (SSSR count). The molecule has 22 heavy (non-hydrogen) atoms. The van der Waals surface area contributed by atoms with Gasteiger partial charge in [-0.2, -0.15) is 21.6 Å². The third kappa shape index (κ3) is 3.16. The molecule has 0 aliphatic carbocycles. The molecule has 120 valence electrons. The Kier molecular flexibility index (Phi) is 4.05. The standard InChI is InChI=1S/C12H10F3NO5S/c13-12(14,15)22(19,20)21-9-6-10(16(7-9)11(17)18)8-4-2-1-3-5-8/h1-6,10H,7H2,(H,17,18)/p-1. The van der Waals surface area contributed by atoms with Crippen LogP contribution < -0.4 is 5.11 Å². The Hall–Kier alpha value is -2.23. The molecule has 6 nitrogen and oxygen atoms in total. The van der Waals surface area contributed by atoms with Gasteiger partial charge in [-0.1, -0.05) is 30.3 Å². The number of benzene rings is 1. The van der Waals surface area contributed by atoms with Gasteiger partial charge in [-0.05, 0) is 11.6 Å². The van der Waals surface area contributed by atoms with E-state index < -0.39 is 40.1 Å². The first-order chi connectivity index (χ1) is 10.1. The van der Waals surface area contributed by atoms with Crippen molar-refractivity contribution in [2.45, 2.75) is 11.6 Å². The van der Waals surface area contributed by atoms with Gasteiger partial charge in [-0.15, -0.1) is 0 Å². The van der Waals surface area contributed by atoms with Gasteiger partial charge in [-0.25, -0.2) is 0 Å². The number of rotatable bonds is 3. The molecule has 1 amide bonds. The Morgan fingerprint density at radius 1 is 1.27 bits per heavy atom. The predicted molar refractivity (Wildman–Crippen MR) is 65.4 cm³/mol. The van der Waals surface area contributed by atoms with E-state index in [0.717, 1.165) is 6.08 Å². The van der Waals surface area contributed by atoms with Crippen molar-refractivity contribution in [2.24, 2.45) is 0 Å². The van der Waals surface area contributed by atoms with E-state index in [9.17, 15) is 31.5 Å². The fourth-order valence-corrected chi connectivity index (χ4v) is 2.42. The molecule has 0 bridgehead atoms. The number of amides is 1. The molecule has 0 saturated carbocycles. The number of hydrogen-bond donors (Lipinski definition) is 0. The topological polar surface area (TPSA) is 86.7 Å². The van der Waals surface area contributed by atoms with Crippen LogP contribution in [0, 0.1) is 0 Å². The number of hydrogen-bond acceptors (Lipinski definition) is 5. The summed E-state index contributed by atoms with van der Waals surface area (Å²) in [5, 5.41) is 11.0. The maximum Gasteiger partial charge on any atom is 0.534 e. The zero-order valence-electron chi connectivity index (χ0n) is 10.8. The normalized spacial score (nSPS) is 19.0. The second kappa shape index (κ2) is 5.52. The summed E-state index contributed by atoms with van der Waals surface area (Å²) in [6.45, 7) is -0.656. The van der Waals surface area contributed by atoms with E-state index in [-0.39, 0.29) is 0 Å². The molecule has 10 heteroatoms. The summed E-state index contributed by atoms with van der Waals surface area (Å²) in [6.07, 6.45) is -0.665. The summed E-state index contributed by atoms with van der Waals surface area (Å²) in [5.74, 6) is -0.629. The van der Waals surface area contributed by atoms with Crippen LogP contribution in [-0.2, 0) is 14.3 Å². The average Bonchev–Trinajstić information content (AvgIpc) is 2.82. The Morgan fingerprint density at radius 3 is 2.36 bits per heavy atom.